The van der Waals surface area contributed by atoms with E-state index in [1.165, 1.54) is 0 Å². The Labute approximate surface area is 108 Å². The fourth-order valence-corrected chi connectivity index (χ4v) is 2.44. The maximum atomic E-state index is 12.7. The molecule has 1 aromatic rings. The number of nitrogens with zero attached hydrogens (tertiary/aromatic N) is 1. The molecule has 0 aromatic carbocycles. The number of carbonyl (C=O) groups is 1. The van der Waals surface area contributed by atoms with Crippen LogP contribution in [0.3, 0.4) is 0 Å². The molecule has 100 valence electrons. The average molecular weight is 250 g/mol. The van der Waals surface area contributed by atoms with E-state index in [0.29, 0.717) is 6.04 Å². The molecule has 2 heterocycles. The first-order valence-corrected chi connectivity index (χ1v) is 6.64. The van der Waals surface area contributed by atoms with Gasteiger partial charge in [0.25, 0.3) is 5.91 Å². The van der Waals surface area contributed by atoms with Crippen molar-refractivity contribution >= 4 is 5.91 Å². The number of nitrogens with one attached hydrogen (secondary N) is 1. The molecule has 2 rings (SSSR count). The SMILES string of the molecule is CCCN(C(=O)c1c(C)oc(C)c1C)C1CNC1. The van der Waals surface area contributed by atoms with Gasteiger partial charge in [-0.1, -0.05) is 6.92 Å². The standard InChI is InChI=1S/C14H22N2O2/c1-5-6-16(12-7-15-8-12)14(17)13-9(2)10(3)18-11(13)4/h12,15H,5-8H2,1-4H3. The van der Waals surface area contributed by atoms with Crippen LogP contribution in [0.2, 0.25) is 0 Å². The Morgan fingerprint density at radius 1 is 1.33 bits per heavy atom. The van der Waals surface area contributed by atoms with Crippen molar-refractivity contribution in [1.82, 2.24) is 10.2 Å². The summed E-state index contributed by atoms with van der Waals surface area (Å²) in [5.74, 6) is 1.71. The van der Waals surface area contributed by atoms with E-state index in [2.05, 4.69) is 12.2 Å². The van der Waals surface area contributed by atoms with Crippen molar-refractivity contribution in [1.29, 1.82) is 0 Å². The number of furan rings is 1. The fourth-order valence-electron chi connectivity index (χ4n) is 2.44. The number of rotatable bonds is 4. The third-order valence-electron chi connectivity index (χ3n) is 3.70. The molecular formula is C14H22N2O2. The van der Waals surface area contributed by atoms with Gasteiger partial charge in [-0.15, -0.1) is 0 Å². The van der Waals surface area contributed by atoms with Crippen molar-refractivity contribution in [3.8, 4) is 0 Å². The summed E-state index contributed by atoms with van der Waals surface area (Å²) >= 11 is 0. The molecule has 1 saturated heterocycles. The molecule has 4 nitrogen and oxygen atoms in total. The highest BCUT2D eigenvalue weighted by molar-refractivity contribution is 5.97. The Hall–Kier alpha value is -1.29. The lowest BCUT2D eigenvalue weighted by Gasteiger charge is -2.38. The molecule has 1 aliphatic heterocycles. The van der Waals surface area contributed by atoms with Gasteiger partial charge in [-0.05, 0) is 27.2 Å². The summed E-state index contributed by atoms with van der Waals surface area (Å²) in [5, 5.41) is 3.22. The molecule has 0 unspecified atom stereocenters. The second-order valence-corrected chi connectivity index (χ2v) is 5.03. The van der Waals surface area contributed by atoms with Gasteiger partial charge in [-0.3, -0.25) is 4.79 Å². The van der Waals surface area contributed by atoms with Crippen LogP contribution in [-0.2, 0) is 0 Å². The van der Waals surface area contributed by atoms with Gasteiger partial charge < -0.3 is 14.6 Å². The van der Waals surface area contributed by atoms with E-state index >= 15 is 0 Å². The lowest BCUT2D eigenvalue weighted by Crippen LogP contribution is -2.59. The van der Waals surface area contributed by atoms with Crippen molar-refractivity contribution in [2.45, 2.75) is 40.2 Å². The van der Waals surface area contributed by atoms with Crippen LogP contribution in [0.1, 0.15) is 40.8 Å². The highest BCUT2D eigenvalue weighted by atomic mass is 16.3. The Bertz CT molecular complexity index is 447. The minimum Gasteiger partial charge on any atom is -0.466 e. The number of hydrogen-bond acceptors (Lipinski definition) is 3. The van der Waals surface area contributed by atoms with E-state index in [9.17, 15) is 4.79 Å². The third kappa shape index (κ3) is 2.17. The summed E-state index contributed by atoms with van der Waals surface area (Å²) in [6.45, 7) is 10.5. The zero-order chi connectivity index (χ0) is 13.3. The highest BCUT2D eigenvalue weighted by Gasteiger charge is 2.31. The largest absolute Gasteiger partial charge is 0.466 e. The number of hydrogen-bond donors (Lipinski definition) is 1. The summed E-state index contributed by atoms with van der Waals surface area (Å²) in [6, 6.07) is 0.339. The van der Waals surface area contributed by atoms with Gasteiger partial charge >= 0.3 is 0 Å². The van der Waals surface area contributed by atoms with Crippen molar-refractivity contribution < 1.29 is 9.21 Å². The van der Waals surface area contributed by atoms with E-state index in [1.54, 1.807) is 0 Å². The molecule has 0 saturated carbocycles. The van der Waals surface area contributed by atoms with E-state index in [-0.39, 0.29) is 5.91 Å². The summed E-state index contributed by atoms with van der Waals surface area (Å²) in [4.78, 5) is 14.6. The van der Waals surface area contributed by atoms with Gasteiger partial charge in [-0.2, -0.15) is 0 Å². The molecule has 1 N–H and O–H groups in total. The first-order chi connectivity index (χ1) is 8.56. The van der Waals surface area contributed by atoms with Crippen LogP contribution < -0.4 is 5.32 Å². The Balaban J connectivity index is 2.26. The topological polar surface area (TPSA) is 45.5 Å². The molecule has 1 aromatic heterocycles. The van der Waals surface area contributed by atoms with Crippen LogP contribution >= 0.6 is 0 Å². The van der Waals surface area contributed by atoms with Crippen LogP contribution in [0, 0.1) is 20.8 Å². The molecular weight excluding hydrogens is 228 g/mol. The summed E-state index contributed by atoms with van der Waals surface area (Å²) in [6.07, 6.45) is 0.983. The smallest absolute Gasteiger partial charge is 0.258 e. The zero-order valence-corrected chi connectivity index (χ0v) is 11.7. The average Bonchev–Trinajstić information content (AvgIpc) is 2.49. The molecule has 18 heavy (non-hydrogen) atoms. The molecule has 1 aliphatic rings. The van der Waals surface area contributed by atoms with Crippen molar-refractivity contribution in [2.75, 3.05) is 19.6 Å². The Morgan fingerprint density at radius 3 is 2.39 bits per heavy atom. The maximum Gasteiger partial charge on any atom is 0.258 e. The lowest BCUT2D eigenvalue weighted by atomic mass is 10.0. The number of aryl methyl sites for hydroxylation is 2. The van der Waals surface area contributed by atoms with Crippen LogP contribution in [-0.4, -0.2) is 36.5 Å². The van der Waals surface area contributed by atoms with Gasteiger partial charge in [0.05, 0.1) is 11.6 Å². The van der Waals surface area contributed by atoms with E-state index < -0.39 is 0 Å². The number of amides is 1. The van der Waals surface area contributed by atoms with Gasteiger partial charge in [0, 0.05) is 25.2 Å². The summed E-state index contributed by atoms with van der Waals surface area (Å²) in [7, 11) is 0. The van der Waals surface area contributed by atoms with Crippen molar-refractivity contribution in [3.63, 3.8) is 0 Å². The van der Waals surface area contributed by atoms with E-state index in [1.807, 2.05) is 25.7 Å². The molecule has 0 atom stereocenters. The normalized spacial score (nSPS) is 15.6. The van der Waals surface area contributed by atoms with Gasteiger partial charge in [0.2, 0.25) is 0 Å². The molecule has 0 spiro atoms. The Morgan fingerprint density at radius 2 is 2.00 bits per heavy atom. The second-order valence-electron chi connectivity index (χ2n) is 5.03. The maximum absolute atomic E-state index is 12.7. The fraction of sp³-hybridized carbons (Fsp3) is 0.643. The minimum atomic E-state index is 0.121. The highest BCUT2D eigenvalue weighted by Crippen LogP contribution is 2.23. The van der Waals surface area contributed by atoms with Gasteiger partial charge in [0.15, 0.2) is 0 Å². The molecule has 0 bridgehead atoms. The third-order valence-corrected chi connectivity index (χ3v) is 3.70. The van der Waals surface area contributed by atoms with Crippen LogP contribution in [0.15, 0.2) is 4.42 Å². The lowest BCUT2D eigenvalue weighted by molar-refractivity contribution is 0.0613. The van der Waals surface area contributed by atoms with Crippen LogP contribution in [0.4, 0.5) is 0 Å². The van der Waals surface area contributed by atoms with Gasteiger partial charge in [0.1, 0.15) is 11.5 Å². The molecule has 0 radical (unpaired) electrons. The van der Waals surface area contributed by atoms with Crippen molar-refractivity contribution in [2.24, 2.45) is 0 Å². The minimum absolute atomic E-state index is 0.121. The summed E-state index contributed by atoms with van der Waals surface area (Å²) < 4.78 is 5.56. The molecule has 1 amide bonds. The predicted octanol–water partition coefficient (Wildman–Crippen LogP) is 2.03. The molecule has 1 fully saturated rings. The monoisotopic (exact) mass is 250 g/mol. The van der Waals surface area contributed by atoms with Gasteiger partial charge in [-0.25, -0.2) is 0 Å². The number of carbonyl (C=O) groups excluding carboxylic acids is 1. The molecule has 4 heteroatoms. The first-order valence-electron chi connectivity index (χ1n) is 6.64. The van der Waals surface area contributed by atoms with E-state index in [0.717, 1.165) is 48.7 Å². The Kier molecular flexibility index (Phi) is 3.76. The van der Waals surface area contributed by atoms with Crippen molar-refractivity contribution in [3.05, 3.63) is 22.6 Å². The van der Waals surface area contributed by atoms with E-state index in [4.69, 9.17) is 4.42 Å². The zero-order valence-electron chi connectivity index (χ0n) is 11.7. The predicted molar refractivity (Wildman–Crippen MR) is 70.9 cm³/mol. The quantitative estimate of drug-likeness (QED) is 0.889. The second kappa shape index (κ2) is 5.14. The summed E-state index contributed by atoms with van der Waals surface area (Å²) in [5.41, 5.74) is 1.73. The van der Waals surface area contributed by atoms with Crippen LogP contribution in [0.5, 0.6) is 0 Å². The first kappa shape index (κ1) is 13.1. The van der Waals surface area contributed by atoms with Crippen LogP contribution in [0.25, 0.3) is 0 Å². The molecule has 0 aliphatic carbocycles.